The van der Waals surface area contributed by atoms with Crippen LogP contribution in [0.15, 0.2) is 52.9 Å². The molecule has 0 unspecified atom stereocenters. The highest BCUT2D eigenvalue weighted by atomic mass is 19.1. The Hall–Kier alpha value is -2.66. The molecular weight excluding hydrogens is 343 g/mol. The van der Waals surface area contributed by atoms with Gasteiger partial charge in [0.05, 0.1) is 0 Å². The lowest BCUT2D eigenvalue weighted by molar-refractivity contribution is 0.0730. The van der Waals surface area contributed by atoms with E-state index in [0.717, 1.165) is 26.1 Å². The van der Waals surface area contributed by atoms with Crippen molar-refractivity contribution in [3.8, 4) is 0 Å². The molecule has 1 fully saturated rings. The molecule has 1 saturated heterocycles. The van der Waals surface area contributed by atoms with Crippen LogP contribution in [0.2, 0.25) is 0 Å². The Labute approximate surface area is 158 Å². The molecular formula is C22H23FN2O2. The largest absolute Gasteiger partial charge is 0.451 e. The highest BCUT2D eigenvalue weighted by Crippen LogP contribution is 2.27. The predicted octanol–water partition coefficient (Wildman–Crippen LogP) is 4.23. The van der Waals surface area contributed by atoms with Crippen LogP contribution in [0.5, 0.6) is 0 Å². The van der Waals surface area contributed by atoms with Crippen molar-refractivity contribution >= 4 is 16.9 Å². The van der Waals surface area contributed by atoms with Gasteiger partial charge < -0.3 is 9.32 Å². The first-order valence-corrected chi connectivity index (χ1v) is 9.36. The number of carbonyl (C=O) groups excluding carboxylic acids is 1. The number of hydrogen-bond donors (Lipinski definition) is 0. The SMILES string of the molecule is Cc1c(C(=O)N2CCCN(Cc3ccccc3)CC2)oc2ccc(F)cc12. The van der Waals surface area contributed by atoms with Gasteiger partial charge in [0.2, 0.25) is 0 Å². The third-order valence-electron chi connectivity index (χ3n) is 5.22. The van der Waals surface area contributed by atoms with Crippen LogP contribution in [0.4, 0.5) is 4.39 Å². The normalized spacial score (nSPS) is 15.9. The standard InChI is InChI=1S/C22H23FN2O2/c1-16-19-14-18(23)8-9-20(19)27-21(16)22(26)25-11-5-10-24(12-13-25)15-17-6-3-2-4-7-17/h2-4,6-9,14H,5,10-13,15H2,1H3. The molecule has 2 heterocycles. The molecule has 0 bridgehead atoms. The lowest BCUT2D eigenvalue weighted by atomic mass is 10.1. The fraction of sp³-hybridized carbons (Fsp3) is 0.318. The van der Waals surface area contributed by atoms with Crippen LogP contribution >= 0.6 is 0 Å². The molecule has 1 aliphatic heterocycles. The molecule has 4 rings (SSSR count). The quantitative estimate of drug-likeness (QED) is 0.696. The first-order chi connectivity index (χ1) is 13.1. The van der Waals surface area contributed by atoms with E-state index in [1.54, 1.807) is 6.07 Å². The molecule has 140 valence electrons. The van der Waals surface area contributed by atoms with E-state index in [0.29, 0.717) is 35.4 Å². The number of amides is 1. The summed E-state index contributed by atoms with van der Waals surface area (Å²) in [5.41, 5.74) is 2.55. The summed E-state index contributed by atoms with van der Waals surface area (Å²) in [5, 5.41) is 0.666. The van der Waals surface area contributed by atoms with E-state index < -0.39 is 0 Å². The van der Waals surface area contributed by atoms with E-state index in [1.807, 2.05) is 17.9 Å². The maximum atomic E-state index is 13.5. The molecule has 2 aromatic carbocycles. The van der Waals surface area contributed by atoms with Crippen LogP contribution < -0.4 is 0 Å². The second-order valence-corrected chi connectivity index (χ2v) is 7.10. The average Bonchev–Trinajstić information content (AvgIpc) is 2.85. The van der Waals surface area contributed by atoms with E-state index in [-0.39, 0.29) is 11.7 Å². The number of nitrogens with zero attached hydrogens (tertiary/aromatic N) is 2. The number of hydrogen-bond acceptors (Lipinski definition) is 3. The number of aryl methyl sites for hydroxylation is 1. The second-order valence-electron chi connectivity index (χ2n) is 7.10. The van der Waals surface area contributed by atoms with E-state index in [1.165, 1.54) is 17.7 Å². The van der Waals surface area contributed by atoms with Gasteiger partial charge in [-0.05, 0) is 37.1 Å². The Morgan fingerprint density at radius 1 is 1.07 bits per heavy atom. The molecule has 0 aliphatic carbocycles. The van der Waals surface area contributed by atoms with Crippen molar-refractivity contribution in [3.05, 3.63) is 71.2 Å². The molecule has 0 spiro atoms. The number of benzene rings is 2. The van der Waals surface area contributed by atoms with Crippen molar-refractivity contribution in [2.75, 3.05) is 26.2 Å². The highest BCUT2D eigenvalue weighted by Gasteiger charge is 2.25. The predicted molar refractivity (Wildman–Crippen MR) is 103 cm³/mol. The van der Waals surface area contributed by atoms with Crippen LogP contribution in [0, 0.1) is 12.7 Å². The van der Waals surface area contributed by atoms with Gasteiger partial charge in [0.25, 0.3) is 5.91 Å². The number of fused-ring (bicyclic) bond motifs is 1. The monoisotopic (exact) mass is 366 g/mol. The lowest BCUT2D eigenvalue weighted by Crippen LogP contribution is -2.35. The van der Waals surface area contributed by atoms with Crippen molar-refractivity contribution in [1.29, 1.82) is 0 Å². The Kier molecular flexibility index (Phi) is 4.94. The molecule has 3 aromatic rings. The molecule has 4 nitrogen and oxygen atoms in total. The van der Waals surface area contributed by atoms with Crippen LogP contribution in [-0.2, 0) is 6.54 Å². The number of carbonyl (C=O) groups is 1. The first-order valence-electron chi connectivity index (χ1n) is 9.36. The molecule has 0 radical (unpaired) electrons. The van der Waals surface area contributed by atoms with Crippen molar-refractivity contribution in [2.45, 2.75) is 19.9 Å². The van der Waals surface area contributed by atoms with Gasteiger partial charge in [0.1, 0.15) is 11.4 Å². The fourth-order valence-corrected chi connectivity index (χ4v) is 3.71. The van der Waals surface area contributed by atoms with E-state index >= 15 is 0 Å². The van der Waals surface area contributed by atoms with Gasteiger partial charge >= 0.3 is 0 Å². The van der Waals surface area contributed by atoms with Gasteiger partial charge in [0.15, 0.2) is 5.76 Å². The van der Waals surface area contributed by atoms with Crippen molar-refractivity contribution in [2.24, 2.45) is 0 Å². The van der Waals surface area contributed by atoms with Gasteiger partial charge in [-0.2, -0.15) is 0 Å². The summed E-state index contributed by atoms with van der Waals surface area (Å²) >= 11 is 0. The molecule has 5 heteroatoms. The zero-order valence-electron chi connectivity index (χ0n) is 15.5. The molecule has 27 heavy (non-hydrogen) atoms. The van der Waals surface area contributed by atoms with Crippen molar-refractivity contribution in [3.63, 3.8) is 0 Å². The first kappa shape index (κ1) is 17.7. The Bertz CT molecular complexity index is 952. The topological polar surface area (TPSA) is 36.7 Å². The Morgan fingerprint density at radius 3 is 2.70 bits per heavy atom. The molecule has 0 saturated carbocycles. The zero-order chi connectivity index (χ0) is 18.8. The van der Waals surface area contributed by atoms with Gasteiger partial charge in [-0.15, -0.1) is 0 Å². The minimum absolute atomic E-state index is 0.106. The highest BCUT2D eigenvalue weighted by molar-refractivity contribution is 5.98. The van der Waals surface area contributed by atoms with E-state index in [2.05, 4.69) is 29.2 Å². The van der Waals surface area contributed by atoms with Crippen LogP contribution in [0.3, 0.4) is 0 Å². The fourth-order valence-electron chi connectivity index (χ4n) is 3.71. The molecule has 0 atom stereocenters. The summed E-state index contributed by atoms with van der Waals surface area (Å²) in [6.07, 6.45) is 0.923. The molecule has 1 amide bonds. The summed E-state index contributed by atoms with van der Waals surface area (Å²) in [4.78, 5) is 17.2. The average molecular weight is 366 g/mol. The molecule has 1 aromatic heterocycles. The summed E-state index contributed by atoms with van der Waals surface area (Å²) in [6, 6.07) is 14.7. The number of rotatable bonds is 3. The minimum Gasteiger partial charge on any atom is -0.451 e. The lowest BCUT2D eigenvalue weighted by Gasteiger charge is -2.21. The zero-order valence-corrected chi connectivity index (χ0v) is 15.5. The van der Waals surface area contributed by atoms with Crippen molar-refractivity contribution in [1.82, 2.24) is 9.80 Å². The van der Waals surface area contributed by atoms with E-state index in [9.17, 15) is 9.18 Å². The summed E-state index contributed by atoms with van der Waals surface area (Å²) in [6.45, 7) is 5.87. The minimum atomic E-state index is -0.322. The number of furan rings is 1. The second kappa shape index (κ2) is 7.53. The summed E-state index contributed by atoms with van der Waals surface area (Å²) in [7, 11) is 0. The van der Waals surface area contributed by atoms with Crippen LogP contribution in [0.1, 0.15) is 28.1 Å². The van der Waals surface area contributed by atoms with Gasteiger partial charge in [-0.25, -0.2) is 4.39 Å². The van der Waals surface area contributed by atoms with E-state index in [4.69, 9.17) is 4.42 Å². The van der Waals surface area contributed by atoms with Gasteiger partial charge in [-0.3, -0.25) is 9.69 Å². The molecule has 1 aliphatic rings. The maximum absolute atomic E-state index is 13.5. The maximum Gasteiger partial charge on any atom is 0.289 e. The van der Waals surface area contributed by atoms with Gasteiger partial charge in [-0.1, -0.05) is 30.3 Å². The Morgan fingerprint density at radius 2 is 1.89 bits per heavy atom. The van der Waals surface area contributed by atoms with Crippen LogP contribution in [0.25, 0.3) is 11.0 Å². The molecule has 0 N–H and O–H groups in total. The smallest absolute Gasteiger partial charge is 0.289 e. The summed E-state index contributed by atoms with van der Waals surface area (Å²) in [5.74, 6) is -0.102. The van der Waals surface area contributed by atoms with Crippen molar-refractivity contribution < 1.29 is 13.6 Å². The van der Waals surface area contributed by atoms with Gasteiger partial charge in [0, 0.05) is 43.7 Å². The Balaban J connectivity index is 1.47. The van der Waals surface area contributed by atoms with Crippen LogP contribution in [-0.4, -0.2) is 41.9 Å². The summed E-state index contributed by atoms with van der Waals surface area (Å²) < 4.78 is 19.3. The third kappa shape index (κ3) is 3.74. The number of halogens is 1. The third-order valence-corrected chi connectivity index (χ3v) is 5.22.